The first-order valence-corrected chi connectivity index (χ1v) is 4.82. The largest absolute Gasteiger partial charge is 0.506 e. The highest BCUT2D eigenvalue weighted by molar-refractivity contribution is 6.30. The first-order chi connectivity index (χ1) is 7.24. The van der Waals surface area contributed by atoms with Gasteiger partial charge in [0.2, 0.25) is 0 Å². The molecule has 0 atom stereocenters. The Morgan fingerprint density at radius 3 is 2.73 bits per heavy atom. The number of phenols is 1. The number of hydrogen-bond acceptors (Lipinski definition) is 3. The minimum Gasteiger partial charge on any atom is -0.506 e. The zero-order valence-corrected chi connectivity index (χ0v) is 8.65. The van der Waals surface area contributed by atoms with Crippen LogP contribution in [-0.2, 0) is 6.54 Å². The number of para-hydroxylation sites is 2. The molecule has 1 aromatic heterocycles. The summed E-state index contributed by atoms with van der Waals surface area (Å²) in [6, 6.07) is 6.85. The van der Waals surface area contributed by atoms with E-state index in [0.717, 1.165) is 5.56 Å². The smallest absolute Gasteiger partial charge is 0.141 e. The fourth-order valence-electron chi connectivity index (χ4n) is 1.32. The molecule has 0 fully saturated rings. The van der Waals surface area contributed by atoms with Crippen molar-refractivity contribution in [3.05, 3.63) is 41.2 Å². The summed E-state index contributed by atoms with van der Waals surface area (Å²) in [4.78, 5) is 0. The van der Waals surface area contributed by atoms with Gasteiger partial charge >= 0.3 is 0 Å². The summed E-state index contributed by atoms with van der Waals surface area (Å²) in [7, 11) is 0. The molecule has 0 saturated heterocycles. The van der Waals surface area contributed by atoms with Crippen LogP contribution in [0.15, 0.2) is 30.5 Å². The Bertz CT molecular complexity index is 481. The first-order valence-electron chi connectivity index (χ1n) is 4.45. The zero-order chi connectivity index (χ0) is 10.8. The summed E-state index contributed by atoms with van der Waals surface area (Å²) in [5.74, 6) is 0.131. The molecule has 1 heterocycles. The molecule has 0 spiro atoms. The highest BCUT2D eigenvalue weighted by Gasteiger charge is 2.10. The quantitative estimate of drug-likeness (QED) is 0.815. The number of hydrogen-bond donors (Lipinski definition) is 2. The summed E-state index contributed by atoms with van der Waals surface area (Å²) in [5.41, 5.74) is 6.77. The second-order valence-corrected chi connectivity index (χ2v) is 3.42. The minimum absolute atomic E-state index is 0.131. The standard InChI is InChI=1S/C10H10ClN3O/c11-10-7(5-12)6-13-14(10)8-3-1-2-4-9(8)15/h1-4,6,15H,5,12H2. The van der Waals surface area contributed by atoms with Gasteiger partial charge in [-0.05, 0) is 12.1 Å². The molecule has 1 aromatic carbocycles. The van der Waals surface area contributed by atoms with Crippen molar-refractivity contribution in [2.45, 2.75) is 6.54 Å². The highest BCUT2D eigenvalue weighted by Crippen LogP contribution is 2.25. The Morgan fingerprint density at radius 1 is 1.40 bits per heavy atom. The van der Waals surface area contributed by atoms with Crippen LogP contribution in [0.25, 0.3) is 5.69 Å². The van der Waals surface area contributed by atoms with Crippen LogP contribution in [-0.4, -0.2) is 14.9 Å². The van der Waals surface area contributed by atoms with E-state index in [1.807, 2.05) is 0 Å². The average Bonchev–Trinajstić information content (AvgIpc) is 2.60. The van der Waals surface area contributed by atoms with Gasteiger partial charge in [-0.3, -0.25) is 0 Å². The number of aromatic nitrogens is 2. The van der Waals surface area contributed by atoms with E-state index in [1.165, 1.54) is 4.68 Å². The van der Waals surface area contributed by atoms with Crippen molar-refractivity contribution in [1.29, 1.82) is 0 Å². The molecule has 0 amide bonds. The Balaban J connectivity index is 2.55. The summed E-state index contributed by atoms with van der Waals surface area (Å²) in [6.45, 7) is 0.326. The van der Waals surface area contributed by atoms with Crippen LogP contribution in [0, 0.1) is 0 Å². The molecule has 0 aliphatic carbocycles. The lowest BCUT2D eigenvalue weighted by molar-refractivity contribution is 0.470. The molecule has 4 nitrogen and oxygen atoms in total. The Morgan fingerprint density at radius 2 is 2.13 bits per heavy atom. The van der Waals surface area contributed by atoms with Crippen molar-refractivity contribution in [2.75, 3.05) is 0 Å². The Kier molecular flexibility index (Phi) is 2.62. The monoisotopic (exact) mass is 223 g/mol. The third kappa shape index (κ3) is 1.69. The van der Waals surface area contributed by atoms with E-state index < -0.39 is 0 Å². The molecule has 3 N–H and O–H groups in total. The van der Waals surface area contributed by atoms with Gasteiger partial charge in [-0.15, -0.1) is 0 Å². The molecule has 0 unspecified atom stereocenters. The van der Waals surface area contributed by atoms with Crippen molar-refractivity contribution >= 4 is 11.6 Å². The molecule has 5 heteroatoms. The van der Waals surface area contributed by atoms with Crippen LogP contribution < -0.4 is 5.73 Å². The van der Waals surface area contributed by atoms with Gasteiger partial charge in [0.15, 0.2) is 0 Å². The molecule has 0 radical (unpaired) electrons. The number of phenolic OH excluding ortho intramolecular Hbond substituents is 1. The van der Waals surface area contributed by atoms with E-state index in [9.17, 15) is 5.11 Å². The summed E-state index contributed by atoms with van der Waals surface area (Å²) in [6.07, 6.45) is 1.59. The Labute approximate surface area is 91.9 Å². The van der Waals surface area contributed by atoms with Crippen molar-refractivity contribution < 1.29 is 5.11 Å². The normalized spacial score (nSPS) is 10.5. The van der Waals surface area contributed by atoms with Crippen LogP contribution in [0.4, 0.5) is 0 Å². The first kappa shape index (κ1) is 10.0. The predicted molar refractivity (Wildman–Crippen MR) is 58.1 cm³/mol. The van der Waals surface area contributed by atoms with Crippen LogP contribution in [0.3, 0.4) is 0 Å². The van der Waals surface area contributed by atoms with Crippen LogP contribution in [0.1, 0.15) is 5.56 Å². The summed E-state index contributed by atoms with van der Waals surface area (Å²) in [5, 5.41) is 14.1. The summed E-state index contributed by atoms with van der Waals surface area (Å²) < 4.78 is 1.46. The van der Waals surface area contributed by atoms with Gasteiger partial charge in [-0.1, -0.05) is 23.7 Å². The van der Waals surface area contributed by atoms with Crippen LogP contribution >= 0.6 is 11.6 Å². The van der Waals surface area contributed by atoms with Crippen molar-refractivity contribution in [1.82, 2.24) is 9.78 Å². The van der Waals surface area contributed by atoms with Gasteiger partial charge in [0.25, 0.3) is 0 Å². The van der Waals surface area contributed by atoms with Crippen molar-refractivity contribution in [3.8, 4) is 11.4 Å². The zero-order valence-electron chi connectivity index (χ0n) is 7.89. The molecular formula is C10H10ClN3O. The van der Waals surface area contributed by atoms with E-state index in [0.29, 0.717) is 17.4 Å². The van der Waals surface area contributed by atoms with Gasteiger partial charge in [-0.25, -0.2) is 4.68 Å². The number of nitrogens with zero attached hydrogens (tertiary/aromatic N) is 2. The molecule has 78 valence electrons. The molecule has 2 rings (SSSR count). The second kappa shape index (κ2) is 3.92. The minimum atomic E-state index is 0.131. The highest BCUT2D eigenvalue weighted by atomic mass is 35.5. The van der Waals surface area contributed by atoms with E-state index in [4.69, 9.17) is 17.3 Å². The third-order valence-electron chi connectivity index (χ3n) is 2.11. The maximum Gasteiger partial charge on any atom is 0.141 e. The lowest BCUT2D eigenvalue weighted by Gasteiger charge is -2.05. The fourth-order valence-corrected chi connectivity index (χ4v) is 1.58. The molecule has 15 heavy (non-hydrogen) atoms. The van der Waals surface area contributed by atoms with Gasteiger partial charge in [0, 0.05) is 12.1 Å². The molecule has 0 saturated carbocycles. The predicted octanol–water partition coefficient (Wildman–Crippen LogP) is 1.69. The van der Waals surface area contributed by atoms with Crippen molar-refractivity contribution in [3.63, 3.8) is 0 Å². The lowest BCUT2D eigenvalue weighted by Crippen LogP contribution is -1.99. The topological polar surface area (TPSA) is 64.1 Å². The third-order valence-corrected chi connectivity index (χ3v) is 2.51. The van der Waals surface area contributed by atoms with Crippen molar-refractivity contribution in [2.24, 2.45) is 5.73 Å². The number of aromatic hydroxyl groups is 1. The fraction of sp³-hybridized carbons (Fsp3) is 0.100. The van der Waals surface area contributed by atoms with Gasteiger partial charge in [-0.2, -0.15) is 5.10 Å². The molecule has 0 bridgehead atoms. The number of halogens is 1. The van der Waals surface area contributed by atoms with Gasteiger partial charge in [0.1, 0.15) is 16.6 Å². The average molecular weight is 224 g/mol. The molecular weight excluding hydrogens is 214 g/mol. The second-order valence-electron chi connectivity index (χ2n) is 3.07. The number of benzene rings is 1. The molecule has 0 aliphatic rings. The summed E-state index contributed by atoms with van der Waals surface area (Å²) >= 11 is 6.04. The van der Waals surface area contributed by atoms with Crippen LogP contribution in [0.5, 0.6) is 5.75 Å². The maximum atomic E-state index is 9.62. The Hall–Kier alpha value is -1.52. The molecule has 2 aromatic rings. The number of rotatable bonds is 2. The van der Waals surface area contributed by atoms with E-state index in [1.54, 1.807) is 30.5 Å². The SMILES string of the molecule is NCc1cnn(-c2ccccc2O)c1Cl. The maximum absolute atomic E-state index is 9.62. The van der Waals surface area contributed by atoms with E-state index >= 15 is 0 Å². The van der Waals surface area contributed by atoms with E-state index in [-0.39, 0.29) is 5.75 Å². The lowest BCUT2D eigenvalue weighted by atomic mass is 10.3. The van der Waals surface area contributed by atoms with Gasteiger partial charge in [0.05, 0.1) is 6.20 Å². The van der Waals surface area contributed by atoms with Crippen LogP contribution in [0.2, 0.25) is 5.15 Å². The molecule has 0 aliphatic heterocycles. The number of nitrogens with two attached hydrogens (primary N) is 1. The van der Waals surface area contributed by atoms with E-state index in [2.05, 4.69) is 5.10 Å². The van der Waals surface area contributed by atoms with Gasteiger partial charge < -0.3 is 10.8 Å².